The molecule has 2 fully saturated rings. The highest BCUT2D eigenvalue weighted by atomic mass is 32.2. The maximum atomic E-state index is 12.6. The number of benzene rings is 1. The molecular formula is C35H47NO6S. The quantitative estimate of drug-likeness (QED) is 0.125. The molecule has 6 atom stereocenters. The van der Waals surface area contributed by atoms with E-state index in [9.17, 15) is 23.4 Å². The molecule has 234 valence electrons. The van der Waals surface area contributed by atoms with Gasteiger partial charge in [-0.3, -0.25) is 4.79 Å². The van der Waals surface area contributed by atoms with Crippen LogP contribution >= 0.6 is 0 Å². The summed E-state index contributed by atoms with van der Waals surface area (Å²) < 4.78 is 32.5. The summed E-state index contributed by atoms with van der Waals surface area (Å²) in [5.41, 5.74) is 1.90. The Morgan fingerprint density at radius 1 is 1.23 bits per heavy atom. The Labute approximate surface area is 258 Å². The minimum absolute atomic E-state index is 0.0101. The molecule has 0 heterocycles. The van der Waals surface area contributed by atoms with Gasteiger partial charge in [-0.2, -0.15) is 0 Å². The Kier molecular flexibility index (Phi) is 13.1. The first-order valence-corrected chi connectivity index (χ1v) is 16.7. The van der Waals surface area contributed by atoms with E-state index < -0.39 is 22.2 Å². The number of hydrogen-bond donors (Lipinski definition) is 3. The SMILES string of the molecule is CC#CCC(C)[C@H](O)/C=C/[C@H]1[C@H](O)C[C@]2(C#CCCCNS(=O)(=O)c3ccc(C)cc3)C/C(=C/CCCC(=O)OC)C[C@H]12. The number of carbonyl (C=O) groups is 1. The lowest BCUT2D eigenvalue weighted by Gasteiger charge is -2.24. The van der Waals surface area contributed by atoms with Gasteiger partial charge in [0.15, 0.2) is 0 Å². The smallest absolute Gasteiger partial charge is 0.305 e. The van der Waals surface area contributed by atoms with E-state index in [-0.39, 0.29) is 34.0 Å². The Morgan fingerprint density at radius 3 is 2.67 bits per heavy atom. The Morgan fingerprint density at radius 2 is 1.98 bits per heavy atom. The molecule has 2 aliphatic rings. The van der Waals surface area contributed by atoms with Crippen LogP contribution in [0.2, 0.25) is 0 Å². The van der Waals surface area contributed by atoms with E-state index in [4.69, 9.17) is 4.74 Å². The van der Waals surface area contributed by atoms with Crippen LogP contribution in [0.3, 0.4) is 0 Å². The summed E-state index contributed by atoms with van der Waals surface area (Å²) >= 11 is 0. The van der Waals surface area contributed by atoms with Gasteiger partial charge in [0.2, 0.25) is 10.0 Å². The van der Waals surface area contributed by atoms with Gasteiger partial charge in [-0.25, -0.2) is 13.1 Å². The van der Waals surface area contributed by atoms with E-state index >= 15 is 0 Å². The number of aliphatic hydroxyl groups excluding tert-OH is 2. The van der Waals surface area contributed by atoms with Gasteiger partial charge in [0, 0.05) is 37.1 Å². The van der Waals surface area contributed by atoms with E-state index in [0.717, 1.165) is 24.8 Å². The Hall–Kier alpha value is -2.88. The van der Waals surface area contributed by atoms with Crippen molar-refractivity contribution in [2.24, 2.45) is 23.2 Å². The second-order valence-electron chi connectivity index (χ2n) is 11.9. The lowest BCUT2D eigenvalue weighted by atomic mass is 9.78. The molecule has 1 aromatic rings. The molecule has 1 aromatic carbocycles. The molecule has 1 unspecified atom stereocenters. The third-order valence-electron chi connectivity index (χ3n) is 8.62. The molecule has 3 rings (SSSR count). The summed E-state index contributed by atoms with van der Waals surface area (Å²) in [5, 5.41) is 21.8. The highest BCUT2D eigenvalue weighted by Gasteiger charge is 2.55. The third-order valence-corrected chi connectivity index (χ3v) is 10.1. The number of aryl methyl sites for hydroxylation is 1. The predicted molar refractivity (Wildman–Crippen MR) is 169 cm³/mol. The number of fused-ring (bicyclic) bond motifs is 1. The summed E-state index contributed by atoms with van der Waals surface area (Å²) in [6.45, 7) is 5.96. The molecule has 0 aliphatic heterocycles. The second kappa shape index (κ2) is 16.3. The molecule has 8 heteroatoms. The van der Waals surface area contributed by atoms with Gasteiger partial charge in [-0.05, 0) is 76.3 Å². The van der Waals surface area contributed by atoms with Gasteiger partial charge in [-0.15, -0.1) is 17.8 Å². The van der Waals surface area contributed by atoms with Crippen LogP contribution in [0.15, 0.2) is 53.0 Å². The zero-order valence-corrected chi connectivity index (χ0v) is 26.8. The fourth-order valence-electron chi connectivity index (χ4n) is 6.09. The second-order valence-corrected chi connectivity index (χ2v) is 13.7. The van der Waals surface area contributed by atoms with E-state index in [1.54, 1.807) is 37.3 Å². The van der Waals surface area contributed by atoms with Crippen molar-refractivity contribution in [3.63, 3.8) is 0 Å². The first kappa shape index (κ1) is 34.6. The number of aliphatic hydroxyl groups is 2. The van der Waals surface area contributed by atoms with E-state index in [1.165, 1.54) is 12.7 Å². The molecule has 0 spiro atoms. The average Bonchev–Trinajstić information content (AvgIpc) is 3.45. The number of rotatable bonds is 13. The zero-order chi connectivity index (χ0) is 31.5. The minimum atomic E-state index is -3.56. The molecule has 0 bridgehead atoms. The van der Waals surface area contributed by atoms with Crippen LogP contribution in [0.5, 0.6) is 0 Å². The number of unbranched alkanes of at least 4 members (excludes halogenated alkanes) is 2. The van der Waals surface area contributed by atoms with Gasteiger partial charge >= 0.3 is 5.97 Å². The van der Waals surface area contributed by atoms with Crippen LogP contribution < -0.4 is 4.72 Å². The van der Waals surface area contributed by atoms with Crippen LogP contribution in [0.4, 0.5) is 0 Å². The standard InChI is InChI=1S/C35H47NO6S/c1-5-6-12-27(3)32(37)20-19-30-31-23-28(13-8-9-14-34(39)42-4)24-35(31,25-33(30)38)21-10-7-11-22-36-43(40,41)29-17-15-26(2)16-18-29/h13,15-20,27,30-33,36-38H,7-9,11-12,14,22-25H2,1-4H3/b20-19+,28-13+/t27?,30-,31-,32-,33-,35+/m1/s1. The number of esters is 1. The van der Waals surface area contributed by atoms with Gasteiger partial charge in [-0.1, -0.05) is 54.3 Å². The Bertz CT molecular complexity index is 1370. The molecule has 0 aromatic heterocycles. The molecule has 2 saturated carbocycles. The van der Waals surface area contributed by atoms with Crippen LogP contribution in [0.1, 0.15) is 77.2 Å². The van der Waals surface area contributed by atoms with Gasteiger partial charge in [0.1, 0.15) is 0 Å². The van der Waals surface area contributed by atoms with Crippen molar-refractivity contribution >= 4 is 16.0 Å². The van der Waals surface area contributed by atoms with Crippen LogP contribution in [-0.2, 0) is 19.6 Å². The number of ether oxygens (including phenoxy) is 1. The molecule has 0 saturated heterocycles. The lowest BCUT2D eigenvalue weighted by molar-refractivity contribution is -0.140. The van der Waals surface area contributed by atoms with Crippen LogP contribution in [0.25, 0.3) is 0 Å². The summed E-state index contributed by atoms with van der Waals surface area (Å²) in [6, 6.07) is 6.76. The number of methoxy groups -OCH3 is 1. The molecule has 3 N–H and O–H groups in total. The van der Waals surface area contributed by atoms with Crippen molar-refractivity contribution in [3.05, 3.63) is 53.6 Å². The van der Waals surface area contributed by atoms with E-state index in [2.05, 4.69) is 34.5 Å². The van der Waals surface area contributed by atoms with Crippen molar-refractivity contribution < 1.29 is 28.2 Å². The molecular weight excluding hydrogens is 562 g/mol. The van der Waals surface area contributed by atoms with Crippen molar-refractivity contribution in [2.75, 3.05) is 13.7 Å². The number of sulfonamides is 1. The van der Waals surface area contributed by atoms with Crippen molar-refractivity contribution in [1.29, 1.82) is 0 Å². The zero-order valence-electron chi connectivity index (χ0n) is 25.9. The Balaban J connectivity index is 1.68. The van der Waals surface area contributed by atoms with Crippen LogP contribution in [0, 0.1) is 53.8 Å². The average molecular weight is 610 g/mol. The fraction of sp³-hybridized carbons (Fsp3) is 0.571. The van der Waals surface area contributed by atoms with Crippen LogP contribution in [-0.4, -0.2) is 50.5 Å². The van der Waals surface area contributed by atoms with Crippen molar-refractivity contribution in [2.45, 2.75) is 95.7 Å². The third kappa shape index (κ3) is 9.81. The normalized spacial score (nSPS) is 25.4. The summed E-state index contributed by atoms with van der Waals surface area (Å²) in [5.74, 6) is 12.5. The van der Waals surface area contributed by atoms with E-state index in [0.29, 0.717) is 45.1 Å². The number of nitrogens with one attached hydrogen (secondary N) is 1. The van der Waals surface area contributed by atoms with Crippen molar-refractivity contribution in [1.82, 2.24) is 4.72 Å². The minimum Gasteiger partial charge on any atom is -0.469 e. The predicted octanol–water partition coefficient (Wildman–Crippen LogP) is 5.07. The first-order chi connectivity index (χ1) is 20.5. The topological polar surface area (TPSA) is 113 Å². The highest BCUT2D eigenvalue weighted by Crippen LogP contribution is 2.59. The van der Waals surface area contributed by atoms with Gasteiger partial charge in [0.25, 0.3) is 0 Å². The first-order valence-electron chi connectivity index (χ1n) is 15.3. The fourth-order valence-corrected chi connectivity index (χ4v) is 7.16. The van der Waals surface area contributed by atoms with Gasteiger partial charge < -0.3 is 14.9 Å². The molecule has 0 amide bonds. The molecule has 0 radical (unpaired) electrons. The number of allylic oxidation sites excluding steroid dienone is 2. The maximum absolute atomic E-state index is 12.6. The molecule has 7 nitrogen and oxygen atoms in total. The summed E-state index contributed by atoms with van der Waals surface area (Å²) in [4.78, 5) is 11.8. The molecule has 2 aliphatic carbocycles. The number of carbonyl (C=O) groups excluding carboxylic acids is 1. The lowest BCUT2D eigenvalue weighted by Crippen LogP contribution is -2.24. The monoisotopic (exact) mass is 609 g/mol. The van der Waals surface area contributed by atoms with E-state index in [1.807, 2.05) is 19.9 Å². The maximum Gasteiger partial charge on any atom is 0.305 e. The summed E-state index contributed by atoms with van der Waals surface area (Å²) in [6.07, 6.45) is 10.5. The number of hydrogen-bond acceptors (Lipinski definition) is 6. The van der Waals surface area contributed by atoms with Gasteiger partial charge in [0.05, 0.1) is 24.2 Å². The highest BCUT2D eigenvalue weighted by molar-refractivity contribution is 7.89. The van der Waals surface area contributed by atoms with Crippen molar-refractivity contribution in [3.8, 4) is 23.7 Å². The summed E-state index contributed by atoms with van der Waals surface area (Å²) in [7, 11) is -2.17. The molecule has 43 heavy (non-hydrogen) atoms. The largest absolute Gasteiger partial charge is 0.469 e.